The van der Waals surface area contributed by atoms with Crippen molar-refractivity contribution in [2.24, 2.45) is 0 Å². The van der Waals surface area contributed by atoms with Gasteiger partial charge >= 0.3 is 0 Å². The van der Waals surface area contributed by atoms with Gasteiger partial charge in [0.15, 0.2) is 0 Å². The minimum absolute atomic E-state index is 0.00500. The molecule has 2 aromatic rings. The molecule has 1 unspecified atom stereocenters. The summed E-state index contributed by atoms with van der Waals surface area (Å²) in [5.41, 5.74) is -0.577. The lowest BCUT2D eigenvalue weighted by atomic mass is 9.98. The van der Waals surface area contributed by atoms with Gasteiger partial charge in [-0.2, -0.15) is 0 Å². The largest absolute Gasteiger partial charge is 0.480 e. The first-order valence-electron chi connectivity index (χ1n) is 9.96. The first-order chi connectivity index (χ1) is 14.1. The van der Waals surface area contributed by atoms with E-state index in [1.165, 1.54) is 27.0 Å². The third-order valence-corrected chi connectivity index (χ3v) is 5.28. The molecule has 0 fully saturated rings. The molecule has 2 heterocycles. The van der Waals surface area contributed by atoms with Crippen LogP contribution in [0.15, 0.2) is 30.1 Å². The Kier molecular flexibility index (Phi) is 6.24. The quantitative estimate of drug-likeness (QED) is 0.667. The fourth-order valence-corrected chi connectivity index (χ4v) is 3.50. The van der Waals surface area contributed by atoms with Gasteiger partial charge in [-0.3, -0.25) is 0 Å². The second-order valence-electron chi connectivity index (χ2n) is 7.99. The van der Waals surface area contributed by atoms with Crippen molar-refractivity contribution in [3.8, 4) is 17.1 Å². The Labute approximate surface area is 174 Å². The summed E-state index contributed by atoms with van der Waals surface area (Å²) in [6.07, 6.45) is 3.67. The van der Waals surface area contributed by atoms with E-state index in [2.05, 4.69) is 27.8 Å². The van der Waals surface area contributed by atoms with Crippen LogP contribution in [0.25, 0.3) is 11.3 Å². The standard InChI is InChI=1S/C22H27F3N4O/c1-6-13-7-14(11-26-13)27-12(2)15-8-19(24)16(9-18(15)23)20-10-17(22(3,4)25)21(30-5)29-28-20/h8-13,26-27H,6-7H2,1-5H3/t12?,13-/m0/s1. The van der Waals surface area contributed by atoms with Crippen LogP contribution in [-0.2, 0) is 5.67 Å². The number of halogens is 3. The van der Waals surface area contributed by atoms with Gasteiger partial charge in [0, 0.05) is 35.5 Å². The zero-order chi connectivity index (χ0) is 22.1. The third-order valence-electron chi connectivity index (χ3n) is 5.28. The maximum Gasteiger partial charge on any atom is 0.239 e. The number of aromatic nitrogens is 2. The minimum Gasteiger partial charge on any atom is -0.480 e. The van der Waals surface area contributed by atoms with E-state index in [4.69, 9.17) is 4.74 Å². The molecule has 0 aliphatic carbocycles. The summed E-state index contributed by atoms with van der Waals surface area (Å²) in [7, 11) is 1.35. The number of ether oxygens (including phenoxy) is 1. The summed E-state index contributed by atoms with van der Waals surface area (Å²) < 4.78 is 49.3. The van der Waals surface area contributed by atoms with E-state index >= 15 is 0 Å². The molecule has 0 radical (unpaired) electrons. The van der Waals surface area contributed by atoms with Crippen molar-refractivity contribution in [2.75, 3.05) is 7.11 Å². The van der Waals surface area contributed by atoms with Crippen LogP contribution in [0.2, 0.25) is 0 Å². The Morgan fingerprint density at radius 3 is 2.57 bits per heavy atom. The predicted molar refractivity (Wildman–Crippen MR) is 110 cm³/mol. The van der Waals surface area contributed by atoms with Crippen LogP contribution in [-0.4, -0.2) is 23.3 Å². The summed E-state index contributed by atoms with van der Waals surface area (Å²) in [4.78, 5) is 0. The fraction of sp³-hybridized carbons (Fsp3) is 0.455. The van der Waals surface area contributed by atoms with Crippen molar-refractivity contribution in [1.82, 2.24) is 20.8 Å². The lowest BCUT2D eigenvalue weighted by molar-refractivity contribution is 0.211. The molecule has 162 valence electrons. The van der Waals surface area contributed by atoms with E-state index < -0.39 is 23.3 Å². The Balaban J connectivity index is 1.90. The molecule has 8 heteroatoms. The summed E-state index contributed by atoms with van der Waals surface area (Å²) in [6, 6.07) is 3.48. The zero-order valence-corrected chi connectivity index (χ0v) is 17.8. The molecule has 0 spiro atoms. The van der Waals surface area contributed by atoms with Gasteiger partial charge in [-0.1, -0.05) is 6.92 Å². The SMILES string of the molecule is CC[C@H]1CC(NC(C)c2cc(F)c(-c3cc(C(C)(C)F)c(OC)nn3)cc2F)=CN1. The van der Waals surface area contributed by atoms with E-state index in [1.807, 2.05) is 6.20 Å². The first-order valence-corrected chi connectivity index (χ1v) is 9.96. The molecule has 5 nitrogen and oxygen atoms in total. The van der Waals surface area contributed by atoms with Crippen molar-refractivity contribution in [2.45, 2.75) is 58.3 Å². The van der Waals surface area contributed by atoms with Crippen molar-refractivity contribution in [1.29, 1.82) is 0 Å². The molecule has 3 rings (SSSR count). The molecule has 1 aliphatic rings. The third kappa shape index (κ3) is 4.52. The normalized spacial score (nSPS) is 17.3. The van der Waals surface area contributed by atoms with Crippen LogP contribution in [0.5, 0.6) is 5.88 Å². The lowest BCUT2D eigenvalue weighted by Gasteiger charge is -2.19. The molecule has 0 saturated carbocycles. The highest BCUT2D eigenvalue weighted by Gasteiger charge is 2.27. The lowest BCUT2D eigenvalue weighted by Crippen LogP contribution is -2.20. The van der Waals surface area contributed by atoms with E-state index in [0.29, 0.717) is 6.04 Å². The molecule has 0 saturated heterocycles. The number of rotatable bonds is 7. The molecule has 0 bridgehead atoms. The zero-order valence-electron chi connectivity index (χ0n) is 17.8. The predicted octanol–water partition coefficient (Wildman–Crippen LogP) is 4.90. The van der Waals surface area contributed by atoms with Crippen LogP contribution in [0.3, 0.4) is 0 Å². The number of alkyl halides is 1. The minimum atomic E-state index is -1.79. The molecule has 2 atom stereocenters. The number of hydrogen-bond donors (Lipinski definition) is 2. The van der Waals surface area contributed by atoms with Gasteiger partial charge in [-0.05, 0) is 45.4 Å². The summed E-state index contributed by atoms with van der Waals surface area (Å²) in [5.74, 6) is -1.24. The highest BCUT2D eigenvalue weighted by Crippen LogP contribution is 2.35. The first kappa shape index (κ1) is 21.9. The summed E-state index contributed by atoms with van der Waals surface area (Å²) >= 11 is 0. The average molecular weight is 420 g/mol. The van der Waals surface area contributed by atoms with E-state index in [0.717, 1.165) is 30.7 Å². The van der Waals surface area contributed by atoms with Crippen LogP contribution < -0.4 is 15.4 Å². The molecule has 1 aromatic heterocycles. The Morgan fingerprint density at radius 1 is 1.23 bits per heavy atom. The Hall–Kier alpha value is -2.77. The molecule has 1 aliphatic heterocycles. The van der Waals surface area contributed by atoms with Crippen molar-refractivity contribution in [3.05, 3.63) is 52.9 Å². The second kappa shape index (κ2) is 8.53. The smallest absolute Gasteiger partial charge is 0.239 e. The van der Waals surface area contributed by atoms with Crippen LogP contribution in [0.4, 0.5) is 13.2 Å². The van der Waals surface area contributed by atoms with Crippen LogP contribution >= 0.6 is 0 Å². The highest BCUT2D eigenvalue weighted by atomic mass is 19.1. The van der Waals surface area contributed by atoms with Gasteiger partial charge in [0.2, 0.25) is 5.88 Å². The van der Waals surface area contributed by atoms with Gasteiger partial charge in [0.05, 0.1) is 24.4 Å². The number of nitrogens with zero attached hydrogens (tertiary/aromatic N) is 2. The molecule has 30 heavy (non-hydrogen) atoms. The molecular weight excluding hydrogens is 393 g/mol. The average Bonchev–Trinajstić information content (AvgIpc) is 3.15. The Morgan fingerprint density at radius 2 is 1.97 bits per heavy atom. The number of benzene rings is 1. The molecule has 2 N–H and O–H groups in total. The molecule has 1 aromatic carbocycles. The Bertz CT molecular complexity index is 956. The maximum atomic E-state index is 14.9. The molecular formula is C22H27F3N4O. The van der Waals surface area contributed by atoms with Crippen molar-refractivity contribution < 1.29 is 17.9 Å². The van der Waals surface area contributed by atoms with Gasteiger partial charge in [0.1, 0.15) is 17.3 Å². The summed E-state index contributed by atoms with van der Waals surface area (Å²) in [6.45, 7) is 6.52. The topological polar surface area (TPSA) is 59.1 Å². The number of nitrogens with one attached hydrogen (secondary N) is 2. The van der Waals surface area contributed by atoms with Crippen molar-refractivity contribution >= 4 is 0 Å². The van der Waals surface area contributed by atoms with Gasteiger partial charge in [0.25, 0.3) is 0 Å². The monoisotopic (exact) mass is 420 g/mol. The highest BCUT2D eigenvalue weighted by molar-refractivity contribution is 5.62. The van der Waals surface area contributed by atoms with E-state index in [1.54, 1.807) is 6.92 Å². The number of hydrogen-bond acceptors (Lipinski definition) is 5. The van der Waals surface area contributed by atoms with Crippen molar-refractivity contribution in [3.63, 3.8) is 0 Å². The van der Waals surface area contributed by atoms with Crippen LogP contribution in [0.1, 0.15) is 57.7 Å². The van der Waals surface area contributed by atoms with E-state index in [9.17, 15) is 13.2 Å². The molecule has 0 amide bonds. The number of methoxy groups -OCH3 is 1. The van der Waals surface area contributed by atoms with Crippen LogP contribution in [0, 0.1) is 11.6 Å². The van der Waals surface area contributed by atoms with Gasteiger partial charge in [-0.15, -0.1) is 10.2 Å². The van der Waals surface area contributed by atoms with Gasteiger partial charge in [-0.25, -0.2) is 13.2 Å². The summed E-state index contributed by atoms with van der Waals surface area (Å²) in [5, 5.41) is 14.2. The maximum absolute atomic E-state index is 14.9. The van der Waals surface area contributed by atoms with E-state index in [-0.39, 0.29) is 28.3 Å². The second-order valence-corrected chi connectivity index (χ2v) is 7.99. The fourth-order valence-electron chi connectivity index (χ4n) is 3.50. The van der Waals surface area contributed by atoms with Gasteiger partial charge < -0.3 is 15.4 Å².